The summed E-state index contributed by atoms with van der Waals surface area (Å²) in [5, 5.41) is 13.7. The van der Waals surface area contributed by atoms with Gasteiger partial charge in [-0.15, -0.1) is 0 Å². The Morgan fingerprint density at radius 3 is 3.05 bits per heavy atom. The minimum Gasteiger partial charge on any atom is -0.481 e. The van der Waals surface area contributed by atoms with Crippen molar-refractivity contribution in [2.24, 2.45) is 5.92 Å². The number of pyridine rings is 1. The van der Waals surface area contributed by atoms with E-state index in [1.54, 1.807) is 19.2 Å². The van der Waals surface area contributed by atoms with Crippen molar-refractivity contribution in [1.29, 1.82) is 0 Å². The van der Waals surface area contributed by atoms with Gasteiger partial charge in [0.2, 0.25) is 5.88 Å². The first-order chi connectivity index (χ1) is 9.02. The fourth-order valence-corrected chi connectivity index (χ4v) is 2.75. The number of methoxy groups -OCH3 is 1. The van der Waals surface area contributed by atoms with E-state index in [9.17, 15) is 5.11 Å². The van der Waals surface area contributed by atoms with Crippen LogP contribution in [-0.4, -0.2) is 29.3 Å². The lowest BCUT2D eigenvalue weighted by atomic mass is 9.79. The number of aliphatic hydroxyl groups is 1. The first-order valence-electron chi connectivity index (χ1n) is 6.79. The number of anilines is 2. The molecule has 1 aliphatic carbocycles. The molecule has 1 aromatic heterocycles. The van der Waals surface area contributed by atoms with Gasteiger partial charge in [-0.1, -0.05) is 19.8 Å². The smallest absolute Gasteiger partial charge is 0.215 e. The van der Waals surface area contributed by atoms with Gasteiger partial charge in [-0.3, -0.25) is 0 Å². The minimum atomic E-state index is -0.658. The van der Waals surface area contributed by atoms with Gasteiger partial charge in [0.1, 0.15) is 0 Å². The van der Waals surface area contributed by atoms with E-state index >= 15 is 0 Å². The molecule has 4 N–H and O–H groups in total. The van der Waals surface area contributed by atoms with Gasteiger partial charge in [0.05, 0.1) is 18.4 Å². The van der Waals surface area contributed by atoms with Gasteiger partial charge < -0.3 is 20.9 Å². The zero-order valence-corrected chi connectivity index (χ0v) is 11.6. The quantitative estimate of drug-likeness (QED) is 0.776. The van der Waals surface area contributed by atoms with Crippen LogP contribution in [0.1, 0.15) is 32.6 Å². The van der Waals surface area contributed by atoms with Crippen LogP contribution in [0, 0.1) is 5.92 Å². The fourth-order valence-electron chi connectivity index (χ4n) is 2.75. The maximum Gasteiger partial charge on any atom is 0.215 e. The van der Waals surface area contributed by atoms with Crippen molar-refractivity contribution in [3.63, 3.8) is 0 Å². The Balaban J connectivity index is 2.01. The van der Waals surface area contributed by atoms with E-state index < -0.39 is 5.60 Å². The summed E-state index contributed by atoms with van der Waals surface area (Å²) in [5.74, 6) is 1.66. The van der Waals surface area contributed by atoms with Gasteiger partial charge in [-0.2, -0.15) is 4.98 Å². The minimum absolute atomic E-state index is 0.474. The number of rotatable bonds is 4. The zero-order valence-electron chi connectivity index (χ0n) is 11.6. The first kappa shape index (κ1) is 13.9. The summed E-state index contributed by atoms with van der Waals surface area (Å²) in [6, 6.07) is 3.47. The van der Waals surface area contributed by atoms with Crippen LogP contribution in [0.3, 0.4) is 0 Å². The van der Waals surface area contributed by atoms with E-state index in [1.807, 2.05) is 0 Å². The highest BCUT2D eigenvalue weighted by molar-refractivity contribution is 5.62. The molecule has 1 saturated carbocycles. The summed E-state index contributed by atoms with van der Waals surface area (Å²) < 4.78 is 5.07. The molecule has 19 heavy (non-hydrogen) atoms. The van der Waals surface area contributed by atoms with Crippen LogP contribution in [0.2, 0.25) is 0 Å². The summed E-state index contributed by atoms with van der Waals surface area (Å²) in [6.07, 6.45) is 3.92. The highest BCUT2D eigenvalue weighted by Gasteiger charge is 2.32. The molecule has 1 heterocycles. The monoisotopic (exact) mass is 265 g/mol. The van der Waals surface area contributed by atoms with Crippen LogP contribution in [0.25, 0.3) is 0 Å². The summed E-state index contributed by atoms with van der Waals surface area (Å²) >= 11 is 0. The van der Waals surface area contributed by atoms with Gasteiger partial charge >= 0.3 is 0 Å². The Morgan fingerprint density at radius 1 is 1.58 bits per heavy atom. The van der Waals surface area contributed by atoms with Gasteiger partial charge in [-0.05, 0) is 24.8 Å². The number of nitrogens with zero attached hydrogens (tertiary/aromatic N) is 1. The molecule has 0 aliphatic heterocycles. The highest BCUT2D eigenvalue weighted by atomic mass is 16.5. The highest BCUT2D eigenvalue weighted by Crippen LogP contribution is 2.32. The molecule has 106 valence electrons. The largest absolute Gasteiger partial charge is 0.481 e. The summed E-state index contributed by atoms with van der Waals surface area (Å²) in [4.78, 5) is 4.26. The third kappa shape index (κ3) is 3.50. The van der Waals surface area contributed by atoms with Crippen LogP contribution in [0.4, 0.5) is 11.5 Å². The molecule has 0 amide bonds. The summed E-state index contributed by atoms with van der Waals surface area (Å²) in [6.45, 7) is 2.66. The standard InChI is InChI=1S/C14H23N3O2/c1-10-4-3-7-14(18,8-10)9-16-13-11(15)5-6-12(17-13)19-2/h5-6,10,18H,3-4,7-9,15H2,1-2H3,(H,16,17). The Morgan fingerprint density at radius 2 is 2.37 bits per heavy atom. The average molecular weight is 265 g/mol. The average Bonchev–Trinajstić information content (AvgIpc) is 2.37. The predicted molar refractivity (Wildman–Crippen MR) is 76.3 cm³/mol. The van der Waals surface area contributed by atoms with Crippen molar-refractivity contribution in [2.75, 3.05) is 24.7 Å². The van der Waals surface area contributed by atoms with Gasteiger partial charge in [0.15, 0.2) is 5.82 Å². The molecule has 2 atom stereocenters. The normalized spacial score (nSPS) is 27.0. The lowest BCUT2D eigenvalue weighted by molar-refractivity contribution is -0.000820. The van der Waals surface area contributed by atoms with E-state index in [0.717, 1.165) is 19.3 Å². The molecule has 0 bridgehead atoms. The van der Waals surface area contributed by atoms with Crippen molar-refractivity contribution in [3.05, 3.63) is 12.1 Å². The molecule has 0 saturated heterocycles. The van der Waals surface area contributed by atoms with E-state index in [0.29, 0.717) is 29.8 Å². The Hall–Kier alpha value is -1.49. The number of hydrogen-bond donors (Lipinski definition) is 3. The lowest BCUT2D eigenvalue weighted by Crippen LogP contribution is -2.41. The Labute approximate surface area is 114 Å². The van der Waals surface area contributed by atoms with Crippen molar-refractivity contribution in [1.82, 2.24) is 4.98 Å². The van der Waals surface area contributed by atoms with E-state index in [-0.39, 0.29) is 0 Å². The topological polar surface area (TPSA) is 80.4 Å². The molecule has 0 radical (unpaired) electrons. The maximum absolute atomic E-state index is 10.6. The van der Waals surface area contributed by atoms with Crippen LogP contribution in [-0.2, 0) is 0 Å². The molecule has 5 heteroatoms. The van der Waals surface area contributed by atoms with Crippen LogP contribution < -0.4 is 15.8 Å². The molecule has 2 rings (SSSR count). The number of nitrogens with two attached hydrogens (primary N) is 1. The molecule has 2 unspecified atom stereocenters. The van der Waals surface area contributed by atoms with Crippen LogP contribution in [0.5, 0.6) is 5.88 Å². The molecule has 1 aliphatic rings. The maximum atomic E-state index is 10.6. The van der Waals surface area contributed by atoms with E-state index in [4.69, 9.17) is 10.5 Å². The molecular weight excluding hydrogens is 242 g/mol. The van der Waals surface area contributed by atoms with Gasteiger partial charge in [0.25, 0.3) is 0 Å². The third-order valence-electron chi connectivity index (χ3n) is 3.76. The van der Waals surface area contributed by atoms with Crippen molar-refractivity contribution >= 4 is 11.5 Å². The predicted octanol–water partition coefficient (Wildman–Crippen LogP) is 2.03. The first-order valence-corrected chi connectivity index (χ1v) is 6.79. The number of nitrogens with one attached hydrogen (secondary N) is 1. The zero-order chi connectivity index (χ0) is 13.9. The van der Waals surface area contributed by atoms with E-state index in [2.05, 4.69) is 17.2 Å². The lowest BCUT2D eigenvalue weighted by Gasteiger charge is -2.35. The molecule has 5 nitrogen and oxygen atoms in total. The molecule has 0 aromatic carbocycles. The molecule has 1 aromatic rings. The number of ether oxygens (including phenoxy) is 1. The Bertz CT molecular complexity index is 439. The van der Waals surface area contributed by atoms with E-state index in [1.165, 1.54) is 6.42 Å². The van der Waals surface area contributed by atoms with Gasteiger partial charge in [-0.25, -0.2) is 0 Å². The molecule has 1 fully saturated rings. The van der Waals surface area contributed by atoms with Crippen LogP contribution >= 0.6 is 0 Å². The SMILES string of the molecule is COc1ccc(N)c(NCC2(O)CCCC(C)C2)n1. The summed E-state index contributed by atoms with van der Waals surface area (Å²) in [7, 11) is 1.57. The van der Waals surface area contributed by atoms with Crippen molar-refractivity contribution in [2.45, 2.75) is 38.2 Å². The molecule has 0 spiro atoms. The van der Waals surface area contributed by atoms with Crippen molar-refractivity contribution < 1.29 is 9.84 Å². The second-order valence-corrected chi connectivity index (χ2v) is 5.57. The second-order valence-electron chi connectivity index (χ2n) is 5.57. The summed E-state index contributed by atoms with van der Waals surface area (Å²) in [5.41, 5.74) is 5.77. The number of hydrogen-bond acceptors (Lipinski definition) is 5. The van der Waals surface area contributed by atoms with Crippen molar-refractivity contribution in [3.8, 4) is 5.88 Å². The number of nitrogen functional groups attached to an aromatic ring is 1. The van der Waals surface area contributed by atoms with Crippen LogP contribution in [0.15, 0.2) is 12.1 Å². The third-order valence-corrected chi connectivity index (χ3v) is 3.76. The Kier molecular flexibility index (Phi) is 4.14. The number of aromatic nitrogens is 1. The molecular formula is C14H23N3O2. The second kappa shape index (κ2) is 5.65. The van der Waals surface area contributed by atoms with Gasteiger partial charge in [0, 0.05) is 12.6 Å². The fraction of sp³-hybridized carbons (Fsp3) is 0.643.